The molecule has 0 radical (unpaired) electrons. The highest BCUT2D eigenvalue weighted by molar-refractivity contribution is 5.99. The van der Waals surface area contributed by atoms with Crippen LogP contribution in [0.2, 0.25) is 0 Å². The largest absolute Gasteiger partial charge is 0.444 e. The second-order valence-electron chi connectivity index (χ2n) is 10.2. The third-order valence-electron chi connectivity index (χ3n) is 5.88. The minimum Gasteiger partial charge on any atom is -0.444 e. The van der Waals surface area contributed by atoms with Crippen molar-refractivity contribution < 1.29 is 24.2 Å². The molecule has 2 unspecified atom stereocenters. The van der Waals surface area contributed by atoms with E-state index in [2.05, 4.69) is 17.2 Å². The van der Waals surface area contributed by atoms with Gasteiger partial charge in [-0.05, 0) is 62.9 Å². The maximum Gasteiger partial charge on any atom is 0.408 e. The Morgan fingerprint density at radius 2 is 1.82 bits per heavy atom. The lowest BCUT2D eigenvalue weighted by Gasteiger charge is -2.34. The van der Waals surface area contributed by atoms with E-state index >= 15 is 0 Å². The summed E-state index contributed by atoms with van der Waals surface area (Å²) < 4.78 is 5.29. The SMILES string of the molecule is C=Cc1cccc(C(C(=O)Nc2ccccc2C)N(CCCCC)C(=O)C(CO)NC(=O)OC(C)(C)C)c1. The summed E-state index contributed by atoms with van der Waals surface area (Å²) in [6, 6.07) is 12.3. The third-order valence-corrected chi connectivity index (χ3v) is 5.88. The van der Waals surface area contributed by atoms with Crippen molar-refractivity contribution in [1.82, 2.24) is 10.2 Å². The number of nitrogens with one attached hydrogen (secondary N) is 2. The molecule has 2 atom stereocenters. The lowest BCUT2D eigenvalue weighted by Crippen LogP contribution is -2.54. The molecule has 0 aliphatic carbocycles. The number of rotatable bonds is 12. The van der Waals surface area contributed by atoms with Gasteiger partial charge in [0.15, 0.2) is 0 Å². The number of carbonyl (C=O) groups is 3. The van der Waals surface area contributed by atoms with Crippen molar-refractivity contribution in [3.05, 3.63) is 71.8 Å². The van der Waals surface area contributed by atoms with Crippen molar-refractivity contribution in [3.8, 4) is 0 Å². The van der Waals surface area contributed by atoms with Crippen LogP contribution in [-0.4, -0.2) is 52.7 Å². The molecule has 8 heteroatoms. The summed E-state index contributed by atoms with van der Waals surface area (Å²) in [5.74, 6) is -0.984. The first kappa shape index (κ1) is 30.6. The van der Waals surface area contributed by atoms with Crippen LogP contribution in [0.3, 0.4) is 0 Å². The number of aliphatic hydroxyl groups is 1. The number of nitrogens with zero attached hydrogens (tertiary/aromatic N) is 1. The summed E-state index contributed by atoms with van der Waals surface area (Å²) in [5.41, 5.74) is 2.11. The molecule has 2 aromatic rings. The maximum absolute atomic E-state index is 13.9. The van der Waals surface area contributed by atoms with E-state index in [0.29, 0.717) is 17.7 Å². The number of anilines is 1. The topological polar surface area (TPSA) is 108 Å². The summed E-state index contributed by atoms with van der Waals surface area (Å²) in [6.07, 6.45) is 3.23. The third kappa shape index (κ3) is 9.03. The number of unbranched alkanes of at least 4 members (excludes halogenated alkanes) is 2. The smallest absolute Gasteiger partial charge is 0.408 e. The summed E-state index contributed by atoms with van der Waals surface area (Å²) >= 11 is 0. The molecule has 0 bridgehead atoms. The van der Waals surface area contributed by atoms with E-state index in [1.54, 1.807) is 45.0 Å². The van der Waals surface area contributed by atoms with Gasteiger partial charge in [0.1, 0.15) is 17.7 Å². The van der Waals surface area contributed by atoms with Gasteiger partial charge in [-0.15, -0.1) is 0 Å². The van der Waals surface area contributed by atoms with Gasteiger partial charge in [-0.1, -0.05) is 68.8 Å². The van der Waals surface area contributed by atoms with Crippen molar-refractivity contribution in [2.24, 2.45) is 0 Å². The summed E-state index contributed by atoms with van der Waals surface area (Å²) in [7, 11) is 0. The number of benzene rings is 2. The van der Waals surface area contributed by atoms with Crippen molar-refractivity contribution in [2.45, 2.75) is 71.6 Å². The van der Waals surface area contributed by atoms with Crippen LogP contribution in [0.15, 0.2) is 55.1 Å². The Morgan fingerprint density at radius 1 is 1.11 bits per heavy atom. The second-order valence-corrected chi connectivity index (χ2v) is 10.2. The first-order valence-electron chi connectivity index (χ1n) is 13.0. The quantitative estimate of drug-likeness (QED) is 0.331. The van der Waals surface area contributed by atoms with Gasteiger partial charge in [-0.3, -0.25) is 9.59 Å². The summed E-state index contributed by atoms with van der Waals surface area (Å²) in [6.45, 7) is 12.5. The van der Waals surface area contributed by atoms with E-state index in [9.17, 15) is 19.5 Å². The van der Waals surface area contributed by atoms with Crippen molar-refractivity contribution in [3.63, 3.8) is 0 Å². The van der Waals surface area contributed by atoms with Crippen molar-refractivity contribution in [2.75, 3.05) is 18.5 Å². The zero-order chi connectivity index (χ0) is 28.3. The highest BCUT2D eigenvalue weighted by atomic mass is 16.6. The van der Waals surface area contributed by atoms with Gasteiger partial charge in [-0.25, -0.2) is 4.79 Å². The summed E-state index contributed by atoms with van der Waals surface area (Å²) in [5, 5.41) is 15.5. The molecule has 0 spiro atoms. The average molecular weight is 524 g/mol. The molecule has 3 amide bonds. The molecule has 0 heterocycles. The molecule has 2 aromatic carbocycles. The Balaban J connectivity index is 2.52. The lowest BCUT2D eigenvalue weighted by atomic mass is 9.99. The number of hydrogen-bond donors (Lipinski definition) is 3. The first-order valence-corrected chi connectivity index (χ1v) is 13.0. The minimum atomic E-state index is -1.29. The molecular weight excluding hydrogens is 482 g/mol. The van der Waals surface area contributed by atoms with E-state index in [-0.39, 0.29) is 6.54 Å². The molecule has 2 rings (SSSR count). The zero-order valence-electron chi connectivity index (χ0n) is 23.1. The predicted octanol–water partition coefficient (Wildman–Crippen LogP) is 5.22. The van der Waals surface area contributed by atoms with Gasteiger partial charge >= 0.3 is 6.09 Å². The van der Waals surface area contributed by atoms with Crippen LogP contribution < -0.4 is 10.6 Å². The first-order chi connectivity index (χ1) is 18.0. The van der Waals surface area contributed by atoms with Crippen LogP contribution in [0.1, 0.15) is 69.7 Å². The van der Waals surface area contributed by atoms with E-state index in [1.807, 2.05) is 44.2 Å². The van der Waals surface area contributed by atoms with E-state index < -0.39 is 42.2 Å². The number of para-hydroxylation sites is 1. The van der Waals surface area contributed by atoms with E-state index in [1.165, 1.54) is 4.90 Å². The zero-order valence-corrected chi connectivity index (χ0v) is 23.1. The van der Waals surface area contributed by atoms with Crippen LogP contribution in [-0.2, 0) is 14.3 Å². The van der Waals surface area contributed by atoms with Gasteiger partial charge in [0.05, 0.1) is 6.61 Å². The number of aliphatic hydroxyl groups excluding tert-OH is 1. The monoisotopic (exact) mass is 523 g/mol. The van der Waals surface area contributed by atoms with E-state index in [4.69, 9.17) is 4.74 Å². The van der Waals surface area contributed by atoms with Crippen LogP contribution in [0.4, 0.5) is 10.5 Å². The van der Waals surface area contributed by atoms with Crippen molar-refractivity contribution >= 4 is 29.7 Å². The molecule has 38 heavy (non-hydrogen) atoms. The normalized spacial score (nSPS) is 12.7. The highest BCUT2D eigenvalue weighted by Crippen LogP contribution is 2.27. The predicted molar refractivity (Wildman–Crippen MR) is 151 cm³/mol. The fourth-order valence-electron chi connectivity index (χ4n) is 3.98. The van der Waals surface area contributed by atoms with Gasteiger partial charge in [0.25, 0.3) is 5.91 Å². The Hall–Kier alpha value is -3.65. The van der Waals surface area contributed by atoms with Gasteiger partial charge in [-0.2, -0.15) is 0 Å². The van der Waals surface area contributed by atoms with Crippen LogP contribution in [0, 0.1) is 6.92 Å². The fraction of sp³-hybridized carbons (Fsp3) is 0.433. The van der Waals surface area contributed by atoms with Gasteiger partial charge in [0, 0.05) is 12.2 Å². The maximum atomic E-state index is 13.9. The Morgan fingerprint density at radius 3 is 2.42 bits per heavy atom. The molecule has 8 nitrogen and oxygen atoms in total. The molecule has 0 aromatic heterocycles. The molecule has 0 saturated heterocycles. The van der Waals surface area contributed by atoms with Gasteiger partial charge in [0.2, 0.25) is 5.91 Å². The number of alkyl carbamates (subject to hydrolysis) is 1. The van der Waals surface area contributed by atoms with Crippen molar-refractivity contribution in [1.29, 1.82) is 0 Å². The molecule has 0 aliphatic rings. The summed E-state index contributed by atoms with van der Waals surface area (Å²) in [4.78, 5) is 41.6. The van der Waals surface area contributed by atoms with Gasteiger partial charge < -0.3 is 25.4 Å². The molecule has 3 N–H and O–H groups in total. The number of hydrogen-bond acceptors (Lipinski definition) is 5. The molecule has 0 saturated carbocycles. The number of amides is 3. The Labute approximate surface area is 226 Å². The number of carbonyl (C=O) groups excluding carboxylic acids is 3. The van der Waals surface area contributed by atoms with Crippen LogP contribution >= 0.6 is 0 Å². The number of aryl methyl sites for hydroxylation is 1. The standard InChI is InChI=1S/C30H41N3O5/c1-7-9-12-18-33(28(36)25(20-34)32-29(37)38-30(4,5)6)26(23-16-13-15-22(8-2)19-23)27(35)31-24-17-11-10-14-21(24)3/h8,10-11,13-17,19,25-26,34H,2,7,9,12,18,20H2,1,3-6H3,(H,31,35)(H,32,37). The molecule has 0 fully saturated rings. The molecule has 0 aliphatic heterocycles. The number of ether oxygens (including phenoxy) is 1. The van der Waals surface area contributed by atoms with Crippen LogP contribution in [0.25, 0.3) is 6.08 Å². The fourth-order valence-corrected chi connectivity index (χ4v) is 3.98. The molecular formula is C30H41N3O5. The average Bonchev–Trinajstić information content (AvgIpc) is 2.86. The Bertz CT molecular complexity index is 1110. The highest BCUT2D eigenvalue weighted by Gasteiger charge is 2.36. The minimum absolute atomic E-state index is 0.253. The lowest BCUT2D eigenvalue weighted by molar-refractivity contribution is -0.141. The Kier molecular flexibility index (Phi) is 11.5. The second kappa shape index (κ2) is 14.3. The van der Waals surface area contributed by atoms with E-state index in [0.717, 1.165) is 24.0 Å². The van der Waals surface area contributed by atoms with Crippen LogP contribution in [0.5, 0.6) is 0 Å². The molecule has 206 valence electrons.